The van der Waals surface area contributed by atoms with Crippen molar-refractivity contribution < 1.29 is 28.6 Å². The molecular formula is C27H27NO6. The minimum absolute atomic E-state index is 0.0254. The number of carbonyl (C=O) groups excluding carboxylic acids is 2. The number of aliphatic hydroxyl groups is 1. The number of ketones is 1. The Bertz CT molecular complexity index is 1210. The Labute approximate surface area is 198 Å². The van der Waals surface area contributed by atoms with Crippen LogP contribution in [0.5, 0.6) is 11.5 Å². The van der Waals surface area contributed by atoms with E-state index in [0.29, 0.717) is 29.4 Å². The Hall–Kier alpha value is -4.00. The lowest BCUT2D eigenvalue weighted by atomic mass is 9.99. The van der Waals surface area contributed by atoms with Crippen molar-refractivity contribution >= 4 is 17.4 Å². The van der Waals surface area contributed by atoms with Crippen LogP contribution in [0, 0.1) is 0 Å². The first-order chi connectivity index (χ1) is 16.4. The lowest BCUT2D eigenvalue weighted by Crippen LogP contribution is -2.29. The van der Waals surface area contributed by atoms with Crippen molar-refractivity contribution in [2.75, 3.05) is 6.61 Å². The quantitative estimate of drug-likeness (QED) is 0.286. The molecule has 1 aromatic heterocycles. The molecule has 1 amide bonds. The highest BCUT2D eigenvalue weighted by Gasteiger charge is 2.47. The molecule has 1 N–H and O–H groups in total. The van der Waals surface area contributed by atoms with Gasteiger partial charge in [0, 0.05) is 12.1 Å². The maximum absolute atomic E-state index is 13.2. The Kier molecular flexibility index (Phi) is 6.72. The largest absolute Gasteiger partial charge is 0.507 e. The predicted octanol–water partition coefficient (Wildman–Crippen LogP) is 5.09. The molecule has 176 valence electrons. The molecule has 0 radical (unpaired) electrons. The van der Waals surface area contributed by atoms with Gasteiger partial charge in [-0.25, -0.2) is 0 Å². The van der Waals surface area contributed by atoms with Crippen molar-refractivity contribution in [1.29, 1.82) is 0 Å². The molecule has 1 aliphatic heterocycles. The number of hydrogen-bond donors (Lipinski definition) is 1. The fourth-order valence-electron chi connectivity index (χ4n) is 4.03. The molecule has 1 saturated heterocycles. The molecule has 1 aliphatic rings. The van der Waals surface area contributed by atoms with Crippen molar-refractivity contribution in [3.63, 3.8) is 0 Å². The number of Topliss-reactive ketones (excluding diaryl/α,β-unsaturated/α-hetero) is 1. The normalized spacial score (nSPS) is 17.4. The smallest absolute Gasteiger partial charge is 0.296 e. The van der Waals surface area contributed by atoms with Gasteiger partial charge in [0.25, 0.3) is 11.7 Å². The van der Waals surface area contributed by atoms with Gasteiger partial charge in [0.15, 0.2) is 0 Å². The van der Waals surface area contributed by atoms with Crippen LogP contribution in [-0.4, -0.2) is 34.4 Å². The van der Waals surface area contributed by atoms with Gasteiger partial charge in [0.05, 0.1) is 24.5 Å². The zero-order valence-corrected chi connectivity index (χ0v) is 19.4. The lowest BCUT2D eigenvalue weighted by molar-refractivity contribution is -0.140. The van der Waals surface area contributed by atoms with Gasteiger partial charge in [0.1, 0.15) is 29.1 Å². The van der Waals surface area contributed by atoms with Crippen LogP contribution in [0.3, 0.4) is 0 Å². The Morgan fingerprint density at radius 1 is 1.06 bits per heavy atom. The molecule has 2 aromatic carbocycles. The second kappa shape index (κ2) is 9.87. The van der Waals surface area contributed by atoms with Crippen molar-refractivity contribution in [1.82, 2.24) is 4.90 Å². The summed E-state index contributed by atoms with van der Waals surface area (Å²) in [7, 11) is 0. The van der Waals surface area contributed by atoms with Crippen molar-refractivity contribution in [2.45, 2.75) is 39.5 Å². The summed E-state index contributed by atoms with van der Waals surface area (Å²) < 4.78 is 16.9. The average molecular weight is 462 g/mol. The van der Waals surface area contributed by atoms with Crippen molar-refractivity contribution in [2.24, 2.45) is 0 Å². The van der Waals surface area contributed by atoms with E-state index in [0.717, 1.165) is 5.56 Å². The van der Waals surface area contributed by atoms with Gasteiger partial charge in [-0.2, -0.15) is 0 Å². The van der Waals surface area contributed by atoms with Crippen LogP contribution < -0.4 is 9.47 Å². The predicted molar refractivity (Wildman–Crippen MR) is 126 cm³/mol. The number of carbonyl (C=O) groups is 2. The fraction of sp³-hybridized carbons (Fsp3) is 0.259. The summed E-state index contributed by atoms with van der Waals surface area (Å²) in [5.41, 5.74) is 1.14. The molecule has 4 rings (SSSR count). The first-order valence-electron chi connectivity index (χ1n) is 11.2. The van der Waals surface area contributed by atoms with Crippen molar-refractivity contribution in [3.05, 3.63) is 89.4 Å². The summed E-state index contributed by atoms with van der Waals surface area (Å²) in [5.74, 6) is -0.145. The van der Waals surface area contributed by atoms with E-state index in [1.165, 1.54) is 11.2 Å². The summed E-state index contributed by atoms with van der Waals surface area (Å²) in [6.07, 6.45) is 1.42. The topological polar surface area (TPSA) is 89.2 Å². The van der Waals surface area contributed by atoms with Crippen LogP contribution in [0.15, 0.2) is 76.9 Å². The third-order valence-electron chi connectivity index (χ3n) is 5.39. The highest BCUT2D eigenvalue weighted by Crippen LogP contribution is 2.41. The molecule has 0 spiro atoms. The third-order valence-corrected chi connectivity index (χ3v) is 5.39. The number of amides is 1. The number of nitrogens with zero attached hydrogens (tertiary/aromatic N) is 1. The molecule has 1 fully saturated rings. The molecule has 2 heterocycles. The molecule has 3 aromatic rings. The van der Waals surface area contributed by atoms with Gasteiger partial charge >= 0.3 is 0 Å². The second-order valence-electron chi connectivity index (χ2n) is 8.22. The minimum Gasteiger partial charge on any atom is -0.507 e. The van der Waals surface area contributed by atoms with Crippen LogP contribution in [0.25, 0.3) is 5.76 Å². The summed E-state index contributed by atoms with van der Waals surface area (Å²) >= 11 is 0. The highest BCUT2D eigenvalue weighted by molar-refractivity contribution is 6.46. The van der Waals surface area contributed by atoms with Crippen molar-refractivity contribution in [3.8, 4) is 11.5 Å². The van der Waals surface area contributed by atoms with Crippen LogP contribution >= 0.6 is 0 Å². The maximum atomic E-state index is 13.2. The van der Waals surface area contributed by atoms with E-state index in [1.807, 2.05) is 45.0 Å². The molecule has 1 unspecified atom stereocenters. The van der Waals surface area contributed by atoms with E-state index in [2.05, 4.69) is 0 Å². The van der Waals surface area contributed by atoms with E-state index >= 15 is 0 Å². The van der Waals surface area contributed by atoms with Crippen LogP contribution in [-0.2, 0) is 16.1 Å². The number of hydrogen-bond acceptors (Lipinski definition) is 6. The SMILES string of the molecule is CCOc1cccc(CN2C(=O)C(=O)/C(=C(\O)c3cccc(OC(C)C)c3)C2c2ccco2)c1. The number of rotatable bonds is 8. The molecule has 1 atom stereocenters. The number of likely N-dealkylation sites (tertiary alicyclic amines) is 1. The molecule has 34 heavy (non-hydrogen) atoms. The second-order valence-corrected chi connectivity index (χ2v) is 8.22. The maximum Gasteiger partial charge on any atom is 0.296 e. The summed E-state index contributed by atoms with van der Waals surface area (Å²) in [5, 5.41) is 11.2. The minimum atomic E-state index is -0.875. The summed E-state index contributed by atoms with van der Waals surface area (Å²) in [4.78, 5) is 27.7. The van der Waals surface area contributed by atoms with Crippen LogP contribution in [0.2, 0.25) is 0 Å². The third kappa shape index (κ3) is 4.69. The first kappa shape index (κ1) is 23.2. The first-order valence-corrected chi connectivity index (χ1v) is 11.2. The molecule has 0 aliphatic carbocycles. The van der Waals surface area contributed by atoms with Gasteiger partial charge in [-0.15, -0.1) is 0 Å². The lowest BCUT2D eigenvalue weighted by Gasteiger charge is -2.23. The molecule has 0 saturated carbocycles. The Morgan fingerprint density at radius 3 is 2.53 bits per heavy atom. The zero-order chi connectivity index (χ0) is 24.2. The van der Waals surface area contributed by atoms with Crippen LogP contribution in [0.1, 0.15) is 43.7 Å². The number of aliphatic hydroxyl groups excluding tert-OH is 1. The van der Waals surface area contributed by atoms with Gasteiger partial charge in [0.2, 0.25) is 0 Å². The molecule has 0 bridgehead atoms. The van der Waals surface area contributed by atoms with E-state index in [9.17, 15) is 14.7 Å². The van der Waals surface area contributed by atoms with Gasteiger partial charge in [-0.05, 0) is 62.7 Å². The number of ether oxygens (including phenoxy) is 2. The molecule has 7 heteroatoms. The van der Waals surface area contributed by atoms with E-state index < -0.39 is 17.7 Å². The fourth-order valence-corrected chi connectivity index (χ4v) is 4.03. The number of furan rings is 1. The summed E-state index contributed by atoms with van der Waals surface area (Å²) in [6.45, 7) is 6.35. The van der Waals surface area contributed by atoms with Gasteiger partial charge in [-0.1, -0.05) is 24.3 Å². The number of benzene rings is 2. The monoisotopic (exact) mass is 461 g/mol. The highest BCUT2D eigenvalue weighted by atomic mass is 16.5. The average Bonchev–Trinajstić information content (AvgIpc) is 3.42. The Balaban J connectivity index is 1.76. The van der Waals surface area contributed by atoms with E-state index in [4.69, 9.17) is 13.9 Å². The van der Waals surface area contributed by atoms with E-state index in [1.54, 1.807) is 36.4 Å². The Morgan fingerprint density at radius 2 is 1.82 bits per heavy atom. The van der Waals surface area contributed by atoms with Crippen LogP contribution in [0.4, 0.5) is 0 Å². The summed E-state index contributed by atoms with van der Waals surface area (Å²) in [6, 6.07) is 16.6. The standard InChI is InChI=1S/C27H27NO6/c1-4-32-20-10-5-8-18(14-20)16-28-24(22-12-7-13-33-22)23(26(30)27(28)31)25(29)19-9-6-11-21(15-19)34-17(2)3/h5-15,17,24,29H,4,16H2,1-3H3/b25-23-. The van der Waals surface area contributed by atoms with E-state index in [-0.39, 0.29) is 24.0 Å². The molecular weight excluding hydrogens is 434 g/mol. The van der Waals surface area contributed by atoms with Gasteiger partial charge in [-0.3, -0.25) is 9.59 Å². The van der Waals surface area contributed by atoms with Gasteiger partial charge < -0.3 is 23.9 Å². The molecule has 7 nitrogen and oxygen atoms in total. The zero-order valence-electron chi connectivity index (χ0n) is 19.4.